The van der Waals surface area contributed by atoms with Gasteiger partial charge in [-0.05, 0) is 25.0 Å². The molecule has 2 rings (SSSR count). The highest BCUT2D eigenvalue weighted by Crippen LogP contribution is 2.24. The predicted molar refractivity (Wildman–Crippen MR) is 64.5 cm³/mol. The van der Waals surface area contributed by atoms with Gasteiger partial charge in [-0.1, -0.05) is 31.0 Å². The molecule has 0 heterocycles. The van der Waals surface area contributed by atoms with Crippen molar-refractivity contribution in [3.05, 3.63) is 35.9 Å². The molecule has 0 radical (unpaired) electrons. The minimum Gasteiger partial charge on any atom is -0.351 e. The molecule has 0 aliphatic heterocycles. The molecule has 2 N–H and O–H groups in total. The second-order valence-electron chi connectivity index (χ2n) is 4.32. The summed E-state index contributed by atoms with van der Waals surface area (Å²) in [5.41, 5.74) is 5.83. The molecule has 3 amide bonds. The van der Waals surface area contributed by atoms with E-state index in [1.807, 2.05) is 6.07 Å². The lowest BCUT2D eigenvalue weighted by atomic mass is 10.1. The van der Waals surface area contributed by atoms with Gasteiger partial charge in [0.05, 0.1) is 0 Å². The second kappa shape index (κ2) is 4.99. The Bertz CT molecular complexity index is 411. The first-order valence-electron chi connectivity index (χ1n) is 5.88. The average Bonchev–Trinajstić information content (AvgIpc) is 2.83. The molecule has 0 atom stereocenters. The van der Waals surface area contributed by atoms with Crippen molar-refractivity contribution in [1.82, 2.24) is 4.90 Å². The first kappa shape index (κ1) is 11.6. The topological polar surface area (TPSA) is 63.4 Å². The molecule has 0 saturated heterocycles. The average molecular weight is 232 g/mol. The van der Waals surface area contributed by atoms with Gasteiger partial charge in [0, 0.05) is 11.6 Å². The summed E-state index contributed by atoms with van der Waals surface area (Å²) in [5, 5.41) is 0. The van der Waals surface area contributed by atoms with Gasteiger partial charge in [-0.3, -0.25) is 9.69 Å². The fraction of sp³-hybridized carbons (Fsp3) is 0.385. The van der Waals surface area contributed by atoms with Crippen LogP contribution in [0.2, 0.25) is 0 Å². The number of urea groups is 1. The van der Waals surface area contributed by atoms with Gasteiger partial charge in [0.25, 0.3) is 5.91 Å². The molecule has 0 aromatic heterocycles. The summed E-state index contributed by atoms with van der Waals surface area (Å²) in [7, 11) is 0. The molecule has 90 valence electrons. The predicted octanol–water partition coefficient (Wildman–Crippen LogP) is 2.15. The van der Waals surface area contributed by atoms with Crippen molar-refractivity contribution < 1.29 is 9.59 Å². The number of primary amides is 1. The highest BCUT2D eigenvalue weighted by Gasteiger charge is 2.30. The molecule has 1 fully saturated rings. The maximum Gasteiger partial charge on any atom is 0.322 e. The van der Waals surface area contributed by atoms with Gasteiger partial charge in [-0.2, -0.15) is 0 Å². The number of imide groups is 1. The summed E-state index contributed by atoms with van der Waals surface area (Å²) >= 11 is 0. The van der Waals surface area contributed by atoms with Gasteiger partial charge in [-0.25, -0.2) is 4.79 Å². The Balaban J connectivity index is 2.22. The number of amides is 3. The molecule has 4 nitrogen and oxygen atoms in total. The zero-order chi connectivity index (χ0) is 12.3. The highest BCUT2D eigenvalue weighted by molar-refractivity contribution is 6.04. The van der Waals surface area contributed by atoms with Crippen LogP contribution < -0.4 is 5.73 Å². The molecule has 1 aliphatic rings. The van der Waals surface area contributed by atoms with Crippen LogP contribution in [0, 0.1) is 0 Å². The second-order valence-corrected chi connectivity index (χ2v) is 4.32. The molecule has 0 unspecified atom stereocenters. The molecule has 1 aliphatic carbocycles. The van der Waals surface area contributed by atoms with Crippen LogP contribution in [0.3, 0.4) is 0 Å². The van der Waals surface area contributed by atoms with Crippen molar-refractivity contribution in [3.8, 4) is 0 Å². The third kappa shape index (κ3) is 2.46. The molecule has 17 heavy (non-hydrogen) atoms. The van der Waals surface area contributed by atoms with E-state index in [0.29, 0.717) is 5.56 Å². The highest BCUT2D eigenvalue weighted by atomic mass is 16.2. The van der Waals surface area contributed by atoms with Gasteiger partial charge < -0.3 is 5.73 Å². The van der Waals surface area contributed by atoms with E-state index in [1.54, 1.807) is 24.3 Å². The van der Waals surface area contributed by atoms with Crippen molar-refractivity contribution in [2.24, 2.45) is 5.73 Å². The Labute approximate surface area is 100 Å². The van der Waals surface area contributed by atoms with Crippen molar-refractivity contribution in [2.75, 3.05) is 0 Å². The number of nitrogens with zero attached hydrogens (tertiary/aromatic N) is 1. The maximum atomic E-state index is 12.2. The van der Waals surface area contributed by atoms with E-state index in [1.165, 1.54) is 4.90 Å². The maximum absolute atomic E-state index is 12.2. The Morgan fingerprint density at radius 2 is 1.71 bits per heavy atom. The summed E-state index contributed by atoms with van der Waals surface area (Å²) in [6, 6.07) is 8.12. The van der Waals surface area contributed by atoms with Crippen LogP contribution in [0.1, 0.15) is 36.0 Å². The lowest BCUT2D eigenvalue weighted by Crippen LogP contribution is -2.46. The van der Waals surface area contributed by atoms with Crippen LogP contribution in [0.5, 0.6) is 0 Å². The van der Waals surface area contributed by atoms with Gasteiger partial charge >= 0.3 is 6.03 Å². The van der Waals surface area contributed by atoms with E-state index in [4.69, 9.17) is 5.73 Å². The molecule has 0 spiro atoms. The Kier molecular flexibility index (Phi) is 3.42. The van der Waals surface area contributed by atoms with Crippen molar-refractivity contribution in [1.29, 1.82) is 0 Å². The smallest absolute Gasteiger partial charge is 0.322 e. The van der Waals surface area contributed by atoms with Gasteiger partial charge in [0.2, 0.25) is 0 Å². The summed E-state index contributed by atoms with van der Waals surface area (Å²) < 4.78 is 0. The molecule has 1 saturated carbocycles. The number of carbonyl (C=O) groups excluding carboxylic acids is 2. The standard InChI is InChI=1S/C13H16N2O2/c14-13(17)15(11-8-4-5-9-11)12(16)10-6-2-1-3-7-10/h1-3,6-7,11H,4-5,8-9H2,(H2,14,17). The molecule has 1 aromatic rings. The molecular weight excluding hydrogens is 216 g/mol. The minimum absolute atomic E-state index is 0.0276. The van der Waals surface area contributed by atoms with Gasteiger partial charge in [0.15, 0.2) is 0 Å². The van der Waals surface area contributed by atoms with Crippen molar-refractivity contribution in [3.63, 3.8) is 0 Å². The van der Waals surface area contributed by atoms with Crippen LogP contribution in [0.4, 0.5) is 4.79 Å². The van der Waals surface area contributed by atoms with Crippen LogP contribution in [0.15, 0.2) is 30.3 Å². The lowest BCUT2D eigenvalue weighted by Gasteiger charge is -2.25. The molecule has 4 heteroatoms. The van der Waals surface area contributed by atoms with E-state index in [-0.39, 0.29) is 11.9 Å². The first-order chi connectivity index (χ1) is 8.20. The zero-order valence-corrected chi connectivity index (χ0v) is 9.63. The fourth-order valence-electron chi connectivity index (χ4n) is 2.33. The zero-order valence-electron chi connectivity index (χ0n) is 9.63. The van der Waals surface area contributed by atoms with E-state index < -0.39 is 6.03 Å². The molecule has 0 bridgehead atoms. The number of hydrogen-bond acceptors (Lipinski definition) is 2. The quantitative estimate of drug-likeness (QED) is 0.849. The van der Waals surface area contributed by atoms with Crippen LogP contribution in [-0.4, -0.2) is 22.9 Å². The van der Waals surface area contributed by atoms with Crippen molar-refractivity contribution in [2.45, 2.75) is 31.7 Å². The van der Waals surface area contributed by atoms with E-state index >= 15 is 0 Å². The Morgan fingerprint density at radius 1 is 1.12 bits per heavy atom. The largest absolute Gasteiger partial charge is 0.351 e. The minimum atomic E-state index is -0.647. The van der Waals surface area contributed by atoms with E-state index in [9.17, 15) is 9.59 Å². The van der Waals surface area contributed by atoms with Gasteiger partial charge in [0.1, 0.15) is 0 Å². The third-order valence-electron chi connectivity index (χ3n) is 3.17. The number of hydrogen-bond donors (Lipinski definition) is 1. The van der Waals surface area contributed by atoms with Crippen LogP contribution in [0.25, 0.3) is 0 Å². The summed E-state index contributed by atoms with van der Waals surface area (Å²) in [5.74, 6) is -0.287. The van der Waals surface area contributed by atoms with Crippen LogP contribution >= 0.6 is 0 Å². The monoisotopic (exact) mass is 232 g/mol. The summed E-state index contributed by atoms with van der Waals surface area (Å²) in [6.07, 6.45) is 3.83. The lowest BCUT2D eigenvalue weighted by molar-refractivity contribution is 0.0754. The van der Waals surface area contributed by atoms with Crippen LogP contribution in [-0.2, 0) is 0 Å². The first-order valence-corrected chi connectivity index (χ1v) is 5.88. The number of nitrogens with two attached hydrogens (primary N) is 1. The summed E-state index contributed by atoms with van der Waals surface area (Å²) in [4.78, 5) is 24.8. The SMILES string of the molecule is NC(=O)N(C(=O)c1ccccc1)C1CCCC1. The Hall–Kier alpha value is -1.84. The third-order valence-corrected chi connectivity index (χ3v) is 3.17. The normalized spacial score (nSPS) is 15.8. The summed E-state index contributed by atoms with van der Waals surface area (Å²) in [6.45, 7) is 0. The van der Waals surface area contributed by atoms with Gasteiger partial charge in [-0.15, -0.1) is 0 Å². The number of rotatable bonds is 2. The molecule has 1 aromatic carbocycles. The van der Waals surface area contributed by atoms with E-state index in [2.05, 4.69) is 0 Å². The van der Waals surface area contributed by atoms with E-state index in [0.717, 1.165) is 25.7 Å². The number of carbonyl (C=O) groups is 2. The fourth-order valence-corrected chi connectivity index (χ4v) is 2.33. The Morgan fingerprint density at radius 3 is 2.24 bits per heavy atom. The van der Waals surface area contributed by atoms with Crippen molar-refractivity contribution >= 4 is 11.9 Å². The molecular formula is C13H16N2O2. The number of benzene rings is 1.